The van der Waals surface area contributed by atoms with Gasteiger partial charge < -0.3 is 14.3 Å². The summed E-state index contributed by atoms with van der Waals surface area (Å²) in [6.45, 7) is 0. The second-order valence-corrected chi connectivity index (χ2v) is 14.5. The van der Waals surface area contributed by atoms with Crippen molar-refractivity contribution in [1.82, 2.24) is 9.88 Å². The lowest BCUT2D eigenvalue weighted by atomic mass is 10.0. The number of amidine groups is 2. The summed E-state index contributed by atoms with van der Waals surface area (Å²) in [7, 11) is 0. The standard InChI is InChI=1S/C51H36N4O/c1-3-14-33(15-4-1)35-18-11-19-37(30-35)50-52-49(34-16-5-2-6-17-34)53-51(54-50)38-20-12-21-39(31-38)55-45-26-9-7-22-41(45)44-32-36(28-29-46(44)55)40-24-13-25-43-42-23-8-10-27-47(42)56-48(40)43/h1-5,7-16,18-32,51H,6,17H2,(H,52,53,54). The van der Waals surface area contributed by atoms with E-state index >= 15 is 0 Å². The van der Waals surface area contributed by atoms with E-state index in [-0.39, 0.29) is 0 Å². The van der Waals surface area contributed by atoms with Crippen molar-refractivity contribution in [2.75, 3.05) is 0 Å². The Balaban J connectivity index is 1.03. The van der Waals surface area contributed by atoms with Crippen LogP contribution < -0.4 is 5.32 Å². The maximum absolute atomic E-state index is 6.45. The normalized spacial score (nSPS) is 15.6. The molecule has 2 aromatic heterocycles. The summed E-state index contributed by atoms with van der Waals surface area (Å²) in [5, 5.41) is 8.29. The van der Waals surface area contributed by atoms with Crippen LogP contribution in [0.4, 0.5) is 0 Å². The second-order valence-electron chi connectivity index (χ2n) is 14.5. The first-order valence-electron chi connectivity index (χ1n) is 19.2. The molecule has 0 saturated heterocycles. The molecule has 9 aromatic rings. The monoisotopic (exact) mass is 720 g/mol. The van der Waals surface area contributed by atoms with E-state index in [9.17, 15) is 0 Å². The highest BCUT2D eigenvalue weighted by molar-refractivity contribution is 6.16. The van der Waals surface area contributed by atoms with Gasteiger partial charge in [0.2, 0.25) is 0 Å². The van der Waals surface area contributed by atoms with E-state index in [2.05, 4.69) is 180 Å². The van der Waals surface area contributed by atoms with Crippen LogP contribution in [-0.2, 0) is 0 Å². The van der Waals surface area contributed by atoms with Gasteiger partial charge in [0.1, 0.15) is 22.8 Å². The number of fused-ring (bicyclic) bond motifs is 6. The molecule has 11 rings (SSSR count). The predicted molar refractivity (Wildman–Crippen MR) is 232 cm³/mol. The summed E-state index contributed by atoms with van der Waals surface area (Å²) in [5.41, 5.74) is 13.0. The van der Waals surface area contributed by atoms with Gasteiger partial charge in [-0.15, -0.1) is 0 Å². The van der Waals surface area contributed by atoms with E-state index in [0.717, 1.165) is 91.0 Å². The van der Waals surface area contributed by atoms with Crippen molar-refractivity contribution in [3.05, 3.63) is 199 Å². The zero-order valence-corrected chi connectivity index (χ0v) is 30.6. The Labute approximate surface area is 324 Å². The fourth-order valence-electron chi connectivity index (χ4n) is 8.40. The topological polar surface area (TPSA) is 54.8 Å². The van der Waals surface area contributed by atoms with Crippen LogP contribution in [0, 0.1) is 0 Å². The maximum Gasteiger partial charge on any atom is 0.169 e. The molecule has 5 nitrogen and oxygen atoms in total. The number of para-hydroxylation sites is 3. The third-order valence-corrected chi connectivity index (χ3v) is 11.1. The number of furan rings is 1. The van der Waals surface area contributed by atoms with Gasteiger partial charge in [0, 0.05) is 43.9 Å². The molecule has 266 valence electrons. The Hall–Kier alpha value is -7.24. The first kappa shape index (κ1) is 32.2. The van der Waals surface area contributed by atoms with Crippen LogP contribution in [0.2, 0.25) is 0 Å². The third-order valence-electron chi connectivity index (χ3n) is 11.1. The van der Waals surface area contributed by atoms with Gasteiger partial charge in [-0.05, 0) is 77.6 Å². The zero-order valence-electron chi connectivity index (χ0n) is 30.6. The molecular formula is C51H36N4O. The van der Waals surface area contributed by atoms with Gasteiger partial charge in [-0.25, -0.2) is 9.98 Å². The number of aliphatic imine (C=N–C) groups is 2. The minimum Gasteiger partial charge on any atom is -0.455 e. The first-order chi connectivity index (χ1) is 27.7. The Kier molecular flexibility index (Phi) is 7.62. The number of rotatable bonds is 6. The molecule has 5 heteroatoms. The number of nitrogens with one attached hydrogen (secondary N) is 1. The van der Waals surface area contributed by atoms with Gasteiger partial charge >= 0.3 is 0 Å². The summed E-state index contributed by atoms with van der Waals surface area (Å²) >= 11 is 0. The average Bonchev–Trinajstić information content (AvgIpc) is 3.83. The number of hydrogen-bond donors (Lipinski definition) is 1. The van der Waals surface area contributed by atoms with Crippen molar-refractivity contribution in [1.29, 1.82) is 0 Å². The lowest BCUT2D eigenvalue weighted by Gasteiger charge is -2.24. The summed E-state index contributed by atoms with van der Waals surface area (Å²) in [5.74, 6) is 1.70. The van der Waals surface area contributed by atoms with Crippen LogP contribution in [0.1, 0.15) is 30.1 Å². The highest BCUT2D eigenvalue weighted by Crippen LogP contribution is 2.40. The number of benzene rings is 7. The second kappa shape index (κ2) is 13.3. The first-order valence-corrected chi connectivity index (χ1v) is 19.2. The lowest BCUT2D eigenvalue weighted by Crippen LogP contribution is -2.36. The number of nitrogens with zero attached hydrogens (tertiary/aromatic N) is 3. The highest BCUT2D eigenvalue weighted by atomic mass is 16.3. The Morgan fingerprint density at radius 3 is 2.21 bits per heavy atom. The van der Waals surface area contributed by atoms with E-state index in [4.69, 9.17) is 14.4 Å². The predicted octanol–water partition coefficient (Wildman–Crippen LogP) is 12.7. The minimum atomic E-state index is -0.419. The molecule has 1 N–H and O–H groups in total. The summed E-state index contributed by atoms with van der Waals surface area (Å²) in [6.07, 6.45) is 8.02. The highest BCUT2D eigenvalue weighted by Gasteiger charge is 2.23. The molecule has 56 heavy (non-hydrogen) atoms. The van der Waals surface area contributed by atoms with Crippen LogP contribution >= 0.6 is 0 Å². The van der Waals surface area contributed by atoms with Crippen molar-refractivity contribution < 1.29 is 4.42 Å². The molecular weight excluding hydrogens is 685 g/mol. The SMILES string of the molecule is C1=CCCC(C2=NC(c3cccc(-n4c5ccccc5c5cc(-c6cccc7c6oc6ccccc67)ccc54)c3)N=C(c3cccc(-c4ccccc4)c3)N2)=C1. The van der Waals surface area contributed by atoms with Crippen molar-refractivity contribution in [2.24, 2.45) is 9.98 Å². The molecule has 1 atom stereocenters. The van der Waals surface area contributed by atoms with Gasteiger partial charge in [0.15, 0.2) is 6.17 Å². The van der Waals surface area contributed by atoms with Gasteiger partial charge in [-0.3, -0.25) is 0 Å². The van der Waals surface area contributed by atoms with E-state index in [0.29, 0.717) is 0 Å². The van der Waals surface area contributed by atoms with E-state index in [1.54, 1.807) is 0 Å². The third kappa shape index (κ3) is 5.47. The summed E-state index contributed by atoms with van der Waals surface area (Å²) in [6, 6.07) is 58.0. The molecule has 0 amide bonds. The van der Waals surface area contributed by atoms with Gasteiger partial charge in [0.05, 0.1) is 11.0 Å². The Morgan fingerprint density at radius 2 is 1.30 bits per heavy atom. The van der Waals surface area contributed by atoms with Gasteiger partial charge in [-0.1, -0.05) is 140 Å². The minimum absolute atomic E-state index is 0.419. The molecule has 0 radical (unpaired) electrons. The van der Waals surface area contributed by atoms with E-state index in [1.165, 1.54) is 21.9 Å². The summed E-state index contributed by atoms with van der Waals surface area (Å²) in [4.78, 5) is 10.6. The van der Waals surface area contributed by atoms with Crippen LogP contribution in [-0.4, -0.2) is 16.2 Å². The van der Waals surface area contributed by atoms with Crippen molar-refractivity contribution in [3.8, 4) is 27.9 Å². The largest absolute Gasteiger partial charge is 0.455 e. The van der Waals surface area contributed by atoms with Gasteiger partial charge in [0.25, 0.3) is 0 Å². The Bertz CT molecular complexity index is 3120. The zero-order chi connectivity index (χ0) is 37.0. The van der Waals surface area contributed by atoms with E-state index in [1.807, 2.05) is 12.1 Å². The Morgan fingerprint density at radius 1 is 0.554 bits per heavy atom. The molecule has 2 aliphatic rings. The maximum atomic E-state index is 6.45. The van der Waals surface area contributed by atoms with Crippen molar-refractivity contribution >= 4 is 55.4 Å². The van der Waals surface area contributed by atoms with Crippen LogP contribution in [0.3, 0.4) is 0 Å². The molecule has 1 unspecified atom stereocenters. The van der Waals surface area contributed by atoms with E-state index < -0.39 is 6.17 Å². The average molecular weight is 721 g/mol. The quantitative estimate of drug-likeness (QED) is 0.186. The molecule has 7 aromatic carbocycles. The van der Waals surface area contributed by atoms with Crippen LogP contribution in [0.5, 0.6) is 0 Å². The molecule has 0 bridgehead atoms. The molecule has 0 saturated carbocycles. The van der Waals surface area contributed by atoms with Crippen molar-refractivity contribution in [2.45, 2.75) is 19.0 Å². The van der Waals surface area contributed by atoms with Gasteiger partial charge in [-0.2, -0.15) is 0 Å². The fourth-order valence-corrected chi connectivity index (χ4v) is 8.40. The number of aromatic nitrogens is 1. The summed E-state index contributed by atoms with van der Waals surface area (Å²) < 4.78 is 8.82. The smallest absolute Gasteiger partial charge is 0.169 e. The number of hydrogen-bond acceptors (Lipinski definition) is 4. The fraction of sp³-hybridized carbons (Fsp3) is 0.0588. The molecule has 3 heterocycles. The van der Waals surface area contributed by atoms with Crippen molar-refractivity contribution in [3.63, 3.8) is 0 Å². The molecule has 1 aliphatic heterocycles. The molecule has 0 spiro atoms. The number of allylic oxidation sites excluding steroid dienone is 3. The molecule has 0 fully saturated rings. The van der Waals surface area contributed by atoms with Crippen LogP contribution in [0.15, 0.2) is 202 Å². The van der Waals surface area contributed by atoms with Crippen LogP contribution in [0.25, 0.3) is 71.7 Å². The lowest BCUT2D eigenvalue weighted by molar-refractivity contribution is 0.670. The molecule has 1 aliphatic carbocycles.